The van der Waals surface area contributed by atoms with Gasteiger partial charge in [0.2, 0.25) is 5.91 Å². The lowest BCUT2D eigenvalue weighted by molar-refractivity contribution is -0.122. The SMILES string of the molecule is CO[C@H]1C[C@@H](C(N)=O)N(C/C(C)=C/c2ccccc2)C1. The lowest BCUT2D eigenvalue weighted by Gasteiger charge is -2.21. The van der Waals surface area contributed by atoms with Gasteiger partial charge in [-0.1, -0.05) is 42.0 Å². The van der Waals surface area contributed by atoms with Crippen LogP contribution in [0.15, 0.2) is 35.9 Å². The molecule has 2 rings (SSSR count). The van der Waals surface area contributed by atoms with E-state index in [1.54, 1.807) is 7.11 Å². The molecule has 2 N–H and O–H groups in total. The van der Waals surface area contributed by atoms with E-state index in [4.69, 9.17) is 10.5 Å². The van der Waals surface area contributed by atoms with Gasteiger partial charge in [-0.05, 0) is 18.9 Å². The number of likely N-dealkylation sites (tertiary alicyclic amines) is 1. The van der Waals surface area contributed by atoms with Gasteiger partial charge in [0.05, 0.1) is 12.1 Å². The van der Waals surface area contributed by atoms with Crippen LogP contribution in [0.4, 0.5) is 0 Å². The van der Waals surface area contributed by atoms with Gasteiger partial charge in [0.15, 0.2) is 0 Å². The molecule has 1 aliphatic heterocycles. The van der Waals surface area contributed by atoms with E-state index >= 15 is 0 Å². The Balaban J connectivity index is 2.04. The fourth-order valence-corrected chi connectivity index (χ4v) is 2.70. The van der Waals surface area contributed by atoms with Crippen molar-refractivity contribution in [2.24, 2.45) is 5.73 Å². The van der Waals surface area contributed by atoms with Crippen molar-refractivity contribution >= 4 is 12.0 Å². The van der Waals surface area contributed by atoms with Gasteiger partial charge >= 0.3 is 0 Å². The number of carbonyl (C=O) groups excluding carboxylic acids is 1. The van der Waals surface area contributed by atoms with Gasteiger partial charge in [-0.15, -0.1) is 0 Å². The van der Waals surface area contributed by atoms with Crippen molar-refractivity contribution in [2.75, 3.05) is 20.2 Å². The minimum Gasteiger partial charge on any atom is -0.380 e. The largest absolute Gasteiger partial charge is 0.380 e. The summed E-state index contributed by atoms with van der Waals surface area (Å²) < 4.78 is 5.35. The maximum Gasteiger partial charge on any atom is 0.234 e. The first kappa shape index (κ1) is 14.8. The highest BCUT2D eigenvalue weighted by Crippen LogP contribution is 2.21. The summed E-state index contributed by atoms with van der Waals surface area (Å²) in [4.78, 5) is 13.6. The third-order valence-electron chi connectivity index (χ3n) is 3.69. The van der Waals surface area contributed by atoms with Crippen LogP contribution in [0.2, 0.25) is 0 Å². The third kappa shape index (κ3) is 3.68. The van der Waals surface area contributed by atoms with Crippen LogP contribution in [0, 0.1) is 0 Å². The van der Waals surface area contributed by atoms with E-state index in [9.17, 15) is 4.79 Å². The lowest BCUT2D eigenvalue weighted by Crippen LogP contribution is -2.40. The second-order valence-electron chi connectivity index (χ2n) is 5.34. The monoisotopic (exact) mass is 274 g/mol. The van der Waals surface area contributed by atoms with E-state index in [1.807, 2.05) is 18.2 Å². The Morgan fingerprint density at radius 3 is 2.75 bits per heavy atom. The van der Waals surface area contributed by atoms with Gasteiger partial charge in [-0.25, -0.2) is 0 Å². The maximum atomic E-state index is 11.5. The number of ether oxygens (including phenoxy) is 1. The van der Waals surface area contributed by atoms with Crippen LogP contribution in [0.1, 0.15) is 18.9 Å². The van der Waals surface area contributed by atoms with E-state index in [2.05, 4.69) is 30.0 Å². The van der Waals surface area contributed by atoms with Crippen molar-refractivity contribution in [2.45, 2.75) is 25.5 Å². The molecule has 0 spiro atoms. The Morgan fingerprint density at radius 2 is 2.15 bits per heavy atom. The summed E-state index contributed by atoms with van der Waals surface area (Å²) >= 11 is 0. The average molecular weight is 274 g/mol. The summed E-state index contributed by atoms with van der Waals surface area (Å²) in [5.74, 6) is -0.267. The normalized spacial score (nSPS) is 24.0. The number of amides is 1. The molecule has 1 aromatic carbocycles. The Morgan fingerprint density at radius 1 is 1.45 bits per heavy atom. The molecule has 0 unspecified atom stereocenters. The summed E-state index contributed by atoms with van der Waals surface area (Å²) in [7, 11) is 1.68. The van der Waals surface area contributed by atoms with Crippen LogP contribution >= 0.6 is 0 Å². The molecule has 20 heavy (non-hydrogen) atoms. The second-order valence-corrected chi connectivity index (χ2v) is 5.34. The van der Waals surface area contributed by atoms with E-state index in [-0.39, 0.29) is 18.1 Å². The quantitative estimate of drug-likeness (QED) is 0.888. The number of nitrogens with zero attached hydrogens (tertiary/aromatic N) is 1. The average Bonchev–Trinajstić information content (AvgIpc) is 2.83. The summed E-state index contributed by atoms with van der Waals surface area (Å²) in [5, 5.41) is 0. The van der Waals surface area contributed by atoms with Crippen LogP contribution < -0.4 is 5.73 Å². The molecule has 0 bridgehead atoms. The molecule has 0 radical (unpaired) electrons. The van der Waals surface area contributed by atoms with Gasteiger partial charge in [0, 0.05) is 20.2 Å². The minimum atomic E-state index is -0.267. The molecule has 4 nitrogen and oxygen atoms in total. The number of carbonyl (C=O) groups is 1. The standard InChI is InChI=1S/C16H22N2O2/c1-12(8-13-6-4-3-5-7-13)10-18-11-14(20-2)9-15(18)16(17)19/h3-8,14-15H,9-11H2,1-2H3,(H2,17,19)/b12-8+/t14-,15-/m0/s1. The smallest absolute Gasteiger partial charge is 0.234 e. The van der Waals surface area contributed by atoms with E-state index < -0.39 is 0 Å². The number of hydrogen-bond acceptors (Lipinski definition) is 3. The predicted molar refractivity (Wildman–Crippen MR) is 80.1 cm³/mol. The summed E-state index contributed by atoms with van der Waals surface area (Å²) in [5.41, 5.74) is 7.85. The molecule has 1 aliphatic rings. The number of rotatable bonds is 5. The zero-order valence-electron chi connectivity index (χ0n) is 12.1. The van der Waals surface area contributed by atoms with E-state index in [0.717, 1.165) is 13.1 Å². The molecular weight excluding hydrogens is 252 g/mol. The van der Waals surface area contributed by atoms with Crippen molar-refractivity contribution in [3.8, 4) is 0 Å². The molecular formula is C16H22N2O2. The van der Waals surface area contributed by atoms with Crippen molar-refractivity contribution < 1.29 is 9.53 Å². The van der Waals surface area contributed by atoms with Crippen LogP contribution in [0.25, 0.3) is 6.08 Å². The number of nitrogens with two attached hydrogens (primary N) is 1. The first-order valence-corrected chi connectivity index (χ1v) is 6.88. The molecule has 0 saturated carbocycles. The summed E-state index contributed by atoms with van der Waals surface area (Å²) in [6.07, 6.45) is 2.92. The van der Waals surface area contributed by atoms with Crippen LogP contribution in [0.3, 0.4) is 0 Å². The number of hydrogen-bond donors (Lipinski definition) is 1. The maximum absolute atomic E-state index is 11.5. The lowest BCUT2D eigenvalue weighted by atomic mass is 10.1. The highest BCUT2D eigenvalue weighted by molar-refractivity contribution is 5.80. The first-order valence-electron chi connectivity index (χ1n) is 6.88. The Labute approximate surface area is 120 Å². The predicted octanol–water partition coefficient (Wildman–Crippen LogP) is 1.66. The van der Waals surface area contributed by atoms with Gasteiger partial charge in [0.1, 0.15) is 0 Å². The molecule has 108 valence electrons. The topological polar surface area (TPSA) is 55.6 Å². The van der Waals surface area contributed by atoms with Crippen LogP contribution in [0.5, 0.6) is 0 Å². The van der Waals surface area contributed by atoms with Crippen LogP contribution in [-0.4, -0.2) is 43.2 Å². The second kappa shape index (κ2) is 6.68. The van der Waals surface area contributed by atoms with Crippen molar-refractivity contribution in [1.29, 1.82) is 0 Å². The van der Waals surface area contributed by atoms with Gasteiger partial charge in [-0.3, -0.25) is 9.69 Å². The van der Waals surface area contributed by atoms with E-state index in [0.29, 0.717) is 6.42 Å². The molecule has 1 aromatic rings. The molecule has 1 heterocycles. The van der Waals surface area contributed by atoms with Gasteiger partial charge in [-0.2, -0.15) is 0 Å². The molecule has 1 fully saturated rings. The minimum absolute atomic E-state index is 0.0945. The summed E-state index contributed by atoms with van der Waals surface area (Å²) in [6.45, 7) is 3.57. The first-order chi connectivity index (χ1) is 9.60. The molecule has 4 heteroatoms. The fourth-order valence-electron chi connectivity index (χ4n) is 2.70. The highest BCUT2D eigenvalue weighted by atomic mass is 16.5. The molecule has 0 aromatic heterocycles. The fraction of sp³-hybridized carbons (Fsp3) is 0.438. The Kier molecular flexibility index (Phi) is 4.93. The Hall–Kier alpha value is -1.65. The zero-order chi connectivity index (χ0) is 14.5. The summed E-state index contributed by atoms with van der Waals surface area (Å²) in [6, 6.07) is 9.94. The third-order valence-corrected chi connectivity index (χ3v) is 3.69. The van der Waals surface area contributed by atoms with E-state index in [1.165, 1.54) is 11.1 Å². The van der Waals surface area contributed by atoms with Crippen molar-refractivity contribution in [3.05, 3.63) is 41.5 Å². The molecule has 0 aliphatic carbocycles. The number of methoxy groups -OCH3 is 1. The van der Waals surface area contributed by atoms with Crippen molar-refractivity contribution in [1.82, 2.24) is 4.90 Å². The molecule has 1 saturated heterocycles. The number of primary amides is 1. The Bertz CT molecular complexity index is 485. The van der Waals surface area contributed by atoms with Gasteiger partial charge in [0.25, 0.3) is 0 Å². The highest BCUT2D eigenvalue weighted by Gasteiger charge is 2.35. The van der Waals surface area contributed by atoms with Gasteiger partial charge < -0.3 is 10.5 Å². The molecule has 2 atom stereocenters. The van der Waals surface area contributed by atoms with Crippen LogP contribution in [-0.2, 0) is 9.53 Å². The molecule has 1 amide bonds. The zero-order valence-corrected chi connectivity index (χ0v) is 12.1. The number of benzene rings is 1. The van der Waals surface area contributed by atoms with Crippen molar-refractivity contribution in [3.63, 3.8) is 0 Å².